The van der Waals surface area contributed by atoms with Crippen LogP contribution in [0.25, 0.3) is 0 Å². The fraction of sp³-hybridized carbons (Fsp3) is 0.409. The molecule has 0 radical (unpaired) electrons. The van der Waals surface area contributed by atoms with Crippen molar-refractivity contribution in [1.29, 1.82) is 0 Å². The Morgan fingerprint density at radius 3 is 2.61 bits per heavy atom. The molecule has 0 spiro atoms. The van der Waals surface area contributed by atoms with Crippen molar-refractivity contribution in [3.05, 3.63) is 52.5 Å². The van der Waals surface area contributed by atoms with Gasteiger partial charge in [-0.1, -0.05) is 11.6 Å². The number of benzene rings is 2. The standard InChI is InChI=1S/C22H24ClF3N2O4S/c1-3-32-20-9-7-17(11-14(20)2)33(30,31)28-10-4-5-15(13-28)21(29)27-19-8-6-16(23)12-18(19)22(24,25)26/h6-9,11-12,15H,3-5,10,13H2,1-2H3,(H,27,29)/t15-/m1/s1. The second-order valence-electron chi connectivity index (χ2n) is 7.74. The lowest BCUT2D eigenvalue weighted by molar-refractivity contribution is -0.137. The van der Waals surface area contributed by atoms with Gasteiger partial charge in [0, 0.05) is 18.1 Å². The topological polar surface area (TPSA) is 75.7 Å². The third-order valence-electron chi connectivity index (χ3n) is 5.38. The van der Waals surface area contributed by atoms with Crippen LogP contribution in [0.5, 0.6) is 5.75 Å². The Labute approximate surface area is 195 Å². The number of rotatable bonds is 6. The first-order chi connectivity index (χ1) is 15.4. The molecule has 0 aromatic heterocycles. The molecule has 1 N–H and O–H groups in total. The number of ether oxygens (including phenoxy) is 1. The summed E-state index contributed by atoms with van der Waals surface area (Å²) in [6, 6.07) is 7.61. The molecule has 0 unspecified atom stereocenters. The van der Waals surface area contributed by atoms with Gasteiger partial charge in [0.05, 0.1) is 28.7 Å². The lowest BCUT2D eigenvalue weighted by Gasteiger charge is -2.31. The van der Waals surface area contributed by atoms with Crippen molar-refractivity contribution >= 4 is 33.2 Å². The average Bonchev–Trinajstić information content (AvgIpc) is 2.75. The number of sulfonamides is 1. The lowest BCUT2D eigenvalue weighted by Crippen LogP contribution is -2.43. The van der Waals surface area contributed by atoms with E-state index in [0.29, 0.717) is 30.8 Å². The second-order valence-corrected chi connectivity index (χ2v) is 10.1. The van der Waals surface area contributed by atoms with Crippen molar-refractivity contribution in [2.75, 3.05) is 25.0 Å². The smallest absolute Gasteiger partial charge is 0.418 e. The summed E-state index contributed by atoms with van der Waals surface area (Å²) in [5.74, 6) is -0.893. The monoisotopic (exact) mass is 504 g/mol. The number of hydrogen-bond donors (Lipinski definition) is 1. The van der Waals surface area contributed by atoms with Gasteiger partial charge in [0.2, 0.25) is 15.9 Å². The van der Waals surface area contributed by atoms with Gasteiger partial charge in [-0.05, 0) is 68.7 Å². The third kappa shape index (κ3) is 5.80. The van der Waals surface area contributed by atoms with Crippen LogP contribution in [0.2, 0.25) is 5.02 Å². The zero-order valence-corrected chi connectivity index (χ0v) is 19.6. The van der Waals surface area contributed by atoms with Crippen LogP contribution in [-0.2, 0) is 21.0 Å². The molecule has 11 heteroatoms. The molecule has 0 aliphatic carbocycles. The average molecular weight is 505 g/mol. The summed E-state index contributed by atoms with van der Waals surface area (Å²) in [4.78, 5) is 12.8. The van der Waals surface area contributed by atoms with Crippen molar-refractivity contribution in [2.24, 2.45) is 5.92 Å². The SMILES string of the molecule is CCOc1ccc(S(=O)(=O)N2CCC[C@@H](C(=O)Nc3ccc(Cl)cc3C(F)(F)F)C2)cc1C. The minimum atomic E-state index is -4.71. The van der Waals surface area contributed by atoms with E-state index < -0.39 is 39.3 Å². The largest absolute Gasteiger partial charge is 0.494 e. The number of piperidine rings is 1. The van der Waals surface area contributed by atoms with E-state index in [-0.39, 0.29) is 23.0 Å². The van der Waals surface area contributed by atoms with Crippen molar-refractivity contribution in [3.63, 3.8) is 0 Å². The van der Waals surface area contributed by atoms with E-state index >= 15 is 0 Å². The molecule has 1 aliphatic heterocycles. The minimum Gasteiger partial charge on any atom is -0.494 e. The minimum absolute atomic E-state index is 0.0709. The molecule has 6 nitrogen and oxygen atoms in total. The number of nitrogens with zero attached hydrogens (tertiary/aromatic N) is 1. The van der Waals surface area contributed by atoms with Gasteiger partial charge >= 0.3 is 6.18 Å². The molecule has 3 rings (SSSR count). The fourth-order valence-electron chi connectivity index (χ4n) is 3.72. The predicted molar refractivity (Wildman–Crippen MR) is 119 cm³/mol. The zero-order valence-electron chi connectivity index (χ0n) is 18.1. The summed E-state index contributed by atoms with van der Waals surface area (Å²) >= 11 is 5.68. The molecule has 180 valence electrons. The van der Waals surface area contributed by atoms with Crippen LogP contribution in [0.3, 0.4) is 0 Å². The first kappa shape index (κ1) is 25.3. The van der Waals surface area contributed by atoms with E-state index in [0.717, 1.165) is 12.1 Å². The van der Waals surface area contributed by atoms with E-state index in [9.17, 15) is 26.4 Å². The third-order valence-corrected chi connectivity index (χ3v) is 7.48. The van der Waals surface area contributed by atoms with E-state index in [1.165, 1.54) is 22.5 Å². The maximum absolute atomic E-state index is 13.3. The summed E-state index contributed by atoms with van der Waals surface area (Å²) in [6.07, 6.45) is -3.95. The molecule has 33 heavy (non-hydrogen) atoms. The molecule has 0 bridgehead atoms. The van der Waals surface area contributed by atoms with E-state index in [1.54, 1.807) is 13.0 Å². The number of halogens is 4. The van der Waals surface area contributed by atoms with E-state index in [1.807, 2.05) is 6.92 Å². The Bertz CT molecular complexity index is 1140. The fourth-order valence-corrected chi connectivity index (χ4v) is 5.50. The Kier molecular flexibility index (Phi) is 7.60. The maximum Gasteiger partial charge on any atom is 0.418 e. The summed E-state index contributed by atoms with van der Waals surface area (Å²) in [6.45, 7) is 4.09. The van der Waals surface area contributed by atoms with Gasteiger partial charge in [-0.3, -0.25) is 4.79 Å². The van der Waals surface area contributed by atoms with Crippen LogP contribution < -0.4 is 10.1 Å². The summed E-state index contributed by atoms with van der Waals surface area (Å²) in [5, 5.41) is 2.19. The summed E-state index contributed by atoms with van der Waals surface area (Å²) in [7, 11) is -3.89. The van der Waals surface area contributed by atoms with Crippen LogP contribution in [0.15, 0.2) is 41.3 Å². The number of alkyl halides is 3. The van der Waals surface area contributed by atoms with Crippen molar-refractivity contribution < 1.29 is 31.1 Å². The first-order valence-corrected chi connectivity index (χ1v) is 12.2. The molecule has 1 heterocycles. The molecule has 2 aromatic rings. The quantitative estimate of drug-likeness (QED) is 0.593. The van der Waals surface area contributed by atoms with Crippen molar-refractivity contribution in [2.45, 2.75) is 37.8 Å². The predicted octanol–water partition coefficient (Wildman–Crippen LogP) is 5.11. The Morgan fingerprint density at radius 1 is 1.24 bits per heavy atom. The number of carbonyl (C=O) groups is 1. The van der Waals surface area contributed by atoms with Gasteiger partial charge < -0.3 is 10.1 Å². The second kappa shape index (κ2) is 9.90. The zero-order chi connectivity index (χ0) is 24.4. The Hall–Kier alpha value is -2.30. The van der Waals surface area contributed by atoms with Gasteiger partial charge in [0.1, 0.15) is 5.75 Å². The highest BCUT2D eigenvalue weighted by molar-refractivity contribution is 7.89. The molecule has 2 aromatic carbocycles. The summed E-state index contributed by atoms with van der Waals surface area (Å²) < 4.78 is 72.9. The number of nitrogens with one attached hydrogen (secondary N) is 1. The Balaban J connectivity index is 1.78. The van der Waals surface area contributed by atoms with Gasteiger partial charge in [0.15, 0.2) is 0 Å². The highest BCUT2D eigenvalue weighted by Gasteiger charge is 2.37. The van der Waals surface area contributed by atoms with Crippen LogP contribution in [0, 0.1) is 12.8 Å². The van der Waals surface area contributed by atoms with Gasteiger partial charge in [-0.2, -0.15) is 17.5 Å². The van der Waals surface area contributed by atoms with Gasteiger partial charge in [0.25, 0.3) is 0 Å². The van der Waals surface area contributed by atoms with E-state index in [4.69, 9.17) is 16.3 Å². The number of carbonyl (C=O) groups excluding carboxylic acids is 1. The molecular formula is C22H24ClF3N2O4S. The first-order valence-electron chi connectivity index (χ1n) is 10.3. The van der Waals surface area contributed by atoms with E-state index in [2.05, 4.69) is 5.32 Å². The van der Waals surface area contributed by atoms with Crippen molar-refractivity contribution in [3.8, 4) is 5.75 Å². The van der Waals surface area contributed by atoms with Crippen LogP contribution in [0.1, 0.15) is 30.9 Å². The number of hydrogen-bond acceptors (Lipinski definition) is 4. The molecule has 1 amide bonds. The molecular weight excluding hydrogens is 481 g/mol. The van der Waals surface area contributed by atoms with Gasteiger partial charge in [-0.15, -0.1) is 0 Å². The highest BCUT2D eigenvalue weighted by Crippen LogP contribution is 2.37. The Morgan fingerprint density at radius 2 is 1.97 bits per heavy atom. The normalized spacial score (nSPS) is 17.6. The highest BCUT2D eigenvalue weighted by atomic mass is 35.5. The summed E-state index contributed by atoms with van der Waals surface area (Å²) in [5.41, 5.74) is -0.820. The number of amides is 1. The molecule has 1 saturated heterocycles. The molecule has 1 fully saturated rings. The molecule has 0 saturated carbocycles. The van der Waals surface area contributed by atoms with Gasteiger partial charge in [-0.25, -0.2) is 8.42 Å². The van der Waals surface area contributed by atoms with Crippen LogP contribution in [-0.4, -0.2) is 38.3 Å². The lowest BCUT2D eigenvalue weighted by atomic mass is 9.98. The van der Waals surface area contributed by atoms with Crippen molar-refractivity contribution in [1.82, 2.24) is 4.31 Å². The van der Waals surface area contributed by atoms with Crippen LogP contribution >= 0.6 is 11.6 Å². The maximum atomic E-state index is 13.3. The number of anilines is 1. The van der Waals surface area contributed by atoms with Crippen LogP contribution in [0.4, 0.5) is 18.9 Å². The number of aryl methyl sites for hydroxylation is 1. The molecule has 1 atom stereocenters. The molecule has 1 aliphatic rings.